The van der Waals surface area contributed by atoms with E-state index >= 15 is 0 Å². The molecule has 150 valence electrons. The summed E-state index contributed by atoms with van der Waals surface area (Å²) in [7, 11) is 0. The third kappa shape index (κ3) is 4.79. The summed E-state index contributed by atoms with van der Waals surface area (Å²) in [5, 5.41) is 8.74. The van der Waals surface area contributed by atoms with Gasteiger partial charge in [-0.25, -0.2) is 10.5 Å². The van der Waals surface area contributed by atoms with Gasteiger partial charge in [0, 0.05) is 18.7 Å². The summed E-state index contributed by atoms with van der Waals surface area (Å²) in [4.78, 5) is 15.8. The molecule has 6 nitrogen and oxygen atoms in total. The Hall–Kier alpha value is -2.65. The smallest absolute Gasteiger partial charge is 0.377 e. The van der Waals surface area contributed by atoms with Crippen molar-refractivity contribution in [1.82, 2.24) is 15.0 Å². The number of rotatable bonds is 7. The van der Waals surface area contributed by atoms with Crippen LogP contribution in [0.4, 0.5) is 13.2 Å². The molecule has 1 aromatic carbocycles. The van der Waals surface area contributed by atoms with E-state index in [0.29, 0.717) is 25.1 Å². The number of hydrogen-bond donors (Lipinski definition) is 2. The fraction of sp³-hybridized carbons (Fsp3) is 0.368. The second-order valence-electron chi connectivity index (χ2n) is 6.51. The summed E-state index contributed by atoms with van der Waals surface area (Å²) in [5.41, 5.74) is 4.15. The summed E-state index contributed by atoms with van der Waals surface area (Å²) in [6.07, 6.45) is 2.29. The number of aryl methyl sites for hydroxylation is 1. The number of imidazole rings is 1. The van der Waals surface area contributed by atoms with E-state index in [2.05, 4.69) is 4.98 Å². The fourth-order valence-electron chi connectivity index (χ4n) is 2.98. The minimum absolute atomic E-state index is 0.0521. The SMILES string of the molecule is O=C(NO)c1ccc2ncn(CCCOCC3=CCC(C(F)(F)F)C=C3)c2c1. The monoisotopic (exact) mass is 395 g/mol. The minimum Gasteiger partial charge on any atom is -0.377 e. The Morgan fingerprint density at radius 3 is 2.89 bits per heavy atom. The first-order valence-electron chi connectivity index (χ1n) is 8.79. The number of aromatic nitrogens is 2. The van der Waals surface area contributed by atoms with Gasteiger partial charge in [0.05, 0.1) is 29.9 Å². The normalized spacial score (nSPS) is 17.0. The average molecular weight is 395 g/mol. The van der Waals surface area contributed by atoms with Crippen molar-refractivity contribution < 1.29 is 27.9 Å². The Labute approximate surface area is 159 Å². The number of nitrogens with one attached hydrogen (secondary N) is 1. The Morgan fingerprint density at radius 2 is 2.21 bits per heavy atom. The summed E-state index contributed by atoms with van der Waals surface area (Å²) in [5.74, 6) is -2.01. The number of allylic oxidation sites excluding steroid dienone is 2. The van der Waals surface area contributed by atoms with Crippen LogP contribution in [0.25, 0.3) is 11.0 Å². The van der Waals surface area contributed by atoms with E-state index in [1.165, 1.54) is 12.2 Å². The topological polar surface area (TPSA) is 76.4 Å². The van der Waals surface area contributed by atoms with E-state index in [-0.39, 0.29) is 13.0 Å². The van der Waals surface area contributed by atoms with Gasteiger partial charge in [0.15, 0.2) is 0 Å². The summed E-state index contributed by atoms with van der Waals surface area (Å²) >= 11 is 0. The molecular weight excluding hydrogens is 375 g/mol. The number of carbonyl (C=O) groups excluding carboxylic acids is 1. The first-order valence-corrected chi connectivity index (χ1v) is 8.79. The highest BCUT2D eigenvalue weighted by Gasteiger charge is 2.37. The number of halogens is 3. The van der Waals surface area contributed by atoms with Gasteiger partial charge in [0.1, 0.15) is 0 Å². The van der Waals surface area contributed by atoms with Gasteiger partial charge in [-0.3, -0.25) is 10.0 Å². The van der Waals surface area contributed by atoms with Crippen LogP contribution in [0.5, 0.6) is 0 Å². The zero-order chi connectivity index (χ0) is 20.1. The van der Waals surface area contributed by atoms with Crippen LogP contribution in [0.1, 0.15) is 23.2 Å². The molecule has 0 radical (unpaired) electrons. The highest BCUT2D eigenvalue weighted by molar-refractivity contribution is 5.96. The molecule has 1 aromatic heterocycles. The molecule has 0 bridgehead atoms. The van der Waals surface area contributed by atoms with Crippen LogP contribution in [0.2, 0.25) is 0 Å². The molecule has 1 aliphatic carbocycles. The van der Waals surface area contributed by atoms with Crippen molar-refractivity contribution in [3.8, 4) is 0 Å². The number of carbonyl (C=O) groups is 1. The van der Waals surface area contributed by atoms with Crippen molar-refractivity contribution in [2.75, 3.05) is 13.2 Å². The molecular formula is C19H20F3N3O3. The largest absolute Gasteiger partial charge is 0.395 e. The Bertz CT molecular complexity index is 903. The molecule has 2 N–H and O–H groups in total. The number of benzene rings is 1. The second-order valence-corrected chi connectivity index (χ2v) is 6.51. The molecule has 0 spiro atoms. The van der Waals surface area contributed by atoms with Crippen LogP contribution in [-0.2, 0) is 11.3 Å². The number of fused-ring (bicyclic) bond motifs is 1. The highest BCUT2D eigenvalue weighted by Crippen LogP contribution is 2.33. The van der Waals surface area contributed by atoms with Crippen LogP contribution >= 0.6 is 0 Å². The summed E-state index contributed by atoms with van der Waals surface area (Å²) in [6, 6.07) is 4.91. The standard InChI is InChI=1S/C19H20F3N3O3/c20-19(21,22)15-5-2-13(3-6-15)11-28-9-1-8-25-12-23-16-7-4-14(10-17(16)25)18(26)24-27/h2-5,7,10,12,15,27H,1,6,8-9,11H2,(H,24,26). The first-order chi connectivity index (χ1) is 13.4. The van der Waals surface area contributed by atoms with Gasteiger partial charge in [-0.05, 0) is 36.6 Å². The van der Waals surface area contributed by atoms with Gasteiger partial charge in [0.25, 0.3) is 5.91 Å². The number of hydrogen-bond acceptors (Lipinski definition) is 4. The maximum absolute atomic E-state index is 12.6. The maximum Gasteiger partial charge on any atom is 0.395 e. The van der Waals surface area contributed by atoms with E-state index in [4.69, 9.17) is 9.94 Å². The lowest BCUT2D eigenvalue weighted by Gasteiger charge is -2.19. The van der Waals surface area contributed by atoms with E-state index in [1.54, 1.807) is 36.1 Å². The van der Waals surface area contributed by atoms with Gasteiger partial charge in [0.2, 0.25) is 0 Å². The predicted molar refractivity (Wildman–Crippen MR) is 95.8 cm³/mol. The molecule has 9 heteroatoms. The van der Waals surface area contributed by atoms with Crippen molar-refractivity contribution >= 4 is 16.9 Å². The molecule has 28 heavy (non-hydrogen) atoms. The van der Waals surface area contributed by atoms with Crippen molar-refractivity contribution in [2.45, 2.75) is 25.6 Å². The van der Waals surface area contributed by atoms with Gasteiger partial charge < -0.3 is 9.30 Å². The van der Waals surface area contributed by atoms with E-state index in [1.807, 2.05) is 4.57 Å². The Kier molecular flexibility index (Phi) is 6.15. The van der Waals surface area contributed by atoms with Crippen molar-refractivity contribution in [3.63, 3.8) is 0 Å². The average Bonchev–Trinajstić information content (AvgIpc) is 3.09. The van der Waals surface area contributed by atoms with Crippen LogP contribution in [0, 0.1) is 5.92 Å². The Balaban J connectivity index is 1.47. The summed E-state index contributed by atoms with van der Waals surface area (Å²) < 4.78 is 45.2. The quantitative estimate of drug-likeness (QED) is 0.427. The highest BCUT2D eigenvalue weighted by atomic mass is 19.4. The molecule has 0 saturated heterocycles. The van der Waals surface area contributed by atoms with Gasteiger partial charge in [-0.15, -0.1) is 0 Å². The van der Waals surface area contributed by atoms with E-state index in [9.17, 15) is 18.0 Å². The van der Waals surface area contributed by atoms with Gasteiger partial charge in [-0.1, -0.05) is 18.2 Å². The first kappa shape index (κ1) is 20.1. The second kappa shape index (κ2) is 8.57. The van der Waals surface area contributed by atoms with Crippen molar-refractivity contribution in [2.24, 2.45) is 5.92 Å². The third-order valence-electron chi connectivity index (χ3n) is 4.54. The Morgan fingerprint density at radius 1 is 1.39 bits per heavy atom. The molecule has 1 amide bonds. The molecule has 1 aliphatic rings. The predicted octanol–water partition coefficient (Wildman–Crippen LogP) is 3.63. The minimum atomic E-state index is -4.20. The van der Waals surface area contributed by atoms with Crippen LogP contribution < -0.4 is 5.48 Å². The van der Waals surface area contributed by atoms with Crippen molar-refractivity contribution in [3.05, 3.63) is 53.9 Å². The lowest BCUT2D eigenvalue weighted by molar-refractivity contribution is -0.160. The molecule has 2 aromatic rings. The molecule has 1 heterocycles. The molecule has 3 rings (SSSR count). The molecule has 0 fully saturated rings. The number of nitrogens with zero attached hydrogens (tertiary/aromatic N) is 2. The van der Waals surface area contributed by atoms with Crippen LogP contribution in [0.15, 0.2) is 48.3 Å². The summed E-state index contributed by atoms with van der Waals surface area (Å²) in [6.45, 7) is 1.31. The van der Waals surface area contributed by atoms with Gasteiger partial charge >= 0.3 is 6.18 Å². The number of amides is 1. The third-order valence-corrected chi connectivity index (χ3v) is 4.54. The zero-order valence-electron chi connectivity index (χ0n) is 14.9. The van der Waals surface area contributed by atoms with Crippen LogP contribution in [0.3, 0.4) is 0 Å². The van der Waals surface area contributed by atoms with E-state index < -0.39 is 18.0 Å². The number of ether oxygens (including phenoxy) is 1. The molecule has 0 saturated carbocycles. The van der Waals surface area contributed by atoms with Crippen LogP contribution in [-0.4, -0.2) is 40.1 Å². The molecule has 0 aliphatic heterocycles. The van der Waals surface area contributed by atoms with Gasteiger partial charge in [-0.2, -0.15) is 13.2 Å². The molecule has 1 atom stereocenters. The maximum atomic E-state index is 12.6. The number of hydroxylamine groups is 1. The lowest BCUT2D eigenvalue weighted by Crippen LogP contribution is -2.22. The fourth-order valence-corrected chi connectivity index (χ4v) is 2.98. The van der Waals surface area contributed by atoms with Crippen molar-refractivity contribution in [1.29, 1.82) is 0 Å². The number of alkyl halides is 3. The zero-order valence-corrected chi connectivity index (χ0v) is 14.9. The lowest BCUT2D eigenvalue weighted by atomic mass is 9.96. The van der Waals surface area contributed by atoms with E-state index in [0.717, 1.165) is 16.6 Å². The molecule has 1 unspecified atom stereocenters.